The van der Waals surface area contributed by atoms with Crippen LogP contribution in [0.4, 0.5) is 0 Å². The predicted octanol–water partition coefficient (Wildman–Crippen LogP) is 2.57. The highest BCUT2D eigenvalue weighted by molar-refractivity contribution is 5.73. The molecule has 0 unspecified atom stereocenters. The molecule has 0 aliphatic rings. The summed E-state index contributed by atoms with van der Waals surface area (Å²) in [4.78, 5) is 10.9. The molecule has 4 nitrogen and oxygen atoms in total. The van der Waals surface area contributed by atoms with E-state index in [9.17, 15) is 4.79 Å². The minimum atomic E-state index is -0.890. The van der Waals surface area contributed by atoms with Crippen LogP contribution in [-0.2, 0) is 4.79 Å². The number of hydrogen-bond donors (Lipinski definition) is 1. The van der Waals surface area contributed by atoms with Gasteiger partial charge in [-0.15, -0.1) is 0 Å². The molecule has 1 aromatic rings. The Balaban J connectivity index is 2.55. The van der Waals surface area contributed by atoms with Gasteiger partial charge < -0.3 is 14.6 Å². The van der Waals surface area contributed by atoms with Crippen LogP contribution >= 0.6 is 0 Å². The quantitative estimate of drug-likeness (QED) is 0.827. The maximum atomic E-state index is 10.9. The average Bonchev–Trinajstić information content (AvgIpc) is 2.28. The summed E-state index contributed by atoms with van der Waals surface area (Å²) in [6, 6.07) is 7.13. The summed E-state index contributed by atoms with van der Waals surface area (Å²) in [5.74, 6) is 0.545. The lowest BCUT2D eigenvalue weighted by Gasteiger charge is -2.19. The molecule has 0 fully saturated rings. The molecule has 0 saturated heterocycles. The number of ether oxygens (including phenoxy) is 2. The Hall–Kier alpha value is -1.71. The van der Waals surface area contributed by atoms with Crippen molar-refractivity contribution in [2.75, 3.05) is 13.2 Å². The molecule has 0 atom stereocenters. The molecule has 0 saturated carbocycles. The zero-order valence-corrected chi connectivity index (χ0v) is 10.4. The summed E-state index contributed by atoms with van der Waals surface area (Å²) in [7, 11) is 0. The minimum Gasteiger partial charge on any atom is -0.494 e. The summed E-state index contributed by atoms with van der Waals surface area (Å²) in [5, 5.41) is 8.93. The van der Waals surface area contributed by atoms with Gasteiger partial charge in [-0.3, -0.25) is 4.79 Å². The number of aliphatic carboxylic acids is 1. The number of carboxylic acid groups (broad SMARTS) is 1. The zero-order valence-electron chi connectivity index (χ0n) is 10.4. The third-order valence-electron chi connectivity index (χ3n) is 2.31. The van der Waals surface area contributed by atoms with Crippen LogP contribution in [-0.4, -0.2) is 24.3 Å². The number of carbonyl (C=O) groups is 1. The summed E-state index contributed by atoms with van der Waals surface area (Å²) >= 11 is 0. The smallest absolute Gasteiger partial charge is 0.312 e. The molecule has 1 aromatic carbocycles. The van der Waals surface area contributed by atoms with Crippen molar-refractivity contribution in [2.24, 2.45) is 5.41 Å². The van der Waals surface area contributed by atoms with Crippen molar-refractivity contribution in [3.8, 4) is 11.5 Å². The third kappa shape index (κ3) is 3.98. The van der Waals surface area contributed by atoms with E-state index in [1.54, 1.807) is 38.1 Å². The number of hydrogen-bond acceptors (Lipinski definition) is 3. The van der Waals surface area contributed by atoms with Gasteiger partial charge in [0.05, 0.1) is 12.0 Å². The predicted molar refractivity (Wildman–Crippen MR) is 64.5 cm³/mol. The van der Waals surface area contributed by atoms with E-state index in [1.165, 1.54) is 0 Å². The Labute approximate surface area is 101 Å². The van der Waals surface area contributed by atoms with E-state index in [4.69, 9.17) is 14.6 Å². The summed E-state index contributed by atoms with van der Waals surface area (Å²) in [5.41, 5.74) is -0.890. The molecule has 1 N–H and O–H groups in total. The van der Waals surface area contributed by atoms with Crippen LogP contribution in [0.2, 0.25) is 0 Å². The molecule has 0 aliphatic heterocycles. The van der Waals surface area contributed by atoms with E-state index < -0.39 is 11.4 Å². The Morgan fingerprint density at radius 3 is 2.06 bits per heavy atom. The second-order valence-electron chi connectivity index (χ2n) is 4.38. The van der Waals surface area contributed by atoms with Crippen molar-refractivity contribution in [1.29, 1.82) is 0 Å². The zero-order chi connectivity index (χ0) is 12.9. The Morgan fingerprint density at radius 2 is 1.65 bits per heavy atom. The van der Waals surface area contributed by atoms with E-state index >= 15 is 0 Å². The Morgan fingerprint density at radius 1 is 1.18 bits per heavy atom. The molecule has 0 amide bonds. The normalized spacial score (nSPS) is 11.0. The Bertz CT molecular complexity index is 368. The van der Waals surface area contributed by atoms with Crippen LogP contribution in [0.25, 0.3) is 0 Å². The van der Waals surface area contributed by atoms with Gasteiger partial charge in [-0.25, -0.2) is 0 Å². The molecular weight excluding hydrogens is 220 g/mol. The third-order valence-corrected chi connectivity index (χ3v) is 2.31. The van der Waals surface area contributed by atoms with Crippen LogP contribution in [0, 0.1) is 5.41 Å². The van der Waals surface area contributed by atoms with Crippen LogP contribution in [0.5, 0.6) is 11.5 Å². The Kier molecular flexibility index (Phi) is 4.37. The van der Waals surface area contributed by atoms with Gasteiger partial charge in [-0.1, -0.05) is 0 Å². The molecule has 0 spiro atoms. The number of carboxylic acids is 1. The molecule has 0 radical (unpaired) electrons. The highest BCUT2D eigenvalue weighted by Gasteiger charge is 2.28. The van der Waals surface area contributed by atoms with Gasteiger partial charge in [0.25, 0.3) is 0 Å². The lowest BCUT2D eigenvalue weighted by molar-refractivity contribution is -0.148. The second-order valence-corrected chi connectivity index (χ2v) is 4.38. The SMILES string of the molecule is CCOc1ccc(OCC(C)(C)C(=O)O)cc1. The fraction of sp³-hybridized carbons (Fsp3) is 0.462. The standard InChI is InChI=1S/C13H18O4/c1-4-16-10-5-7-11(8-6-10)17-9-13(2,3)12(14)15/h5-8H,4,9H2,1-3H3,(H,14,15). The summed E-state index contributed by atoms with van der Waals surface area (Å²) < 4.78 is 10.7. The van der Waals surface area contributed by atoms with Gasteiger partial charge in [-0.05, 0) is 45.0 Å². The van der Waals surface area contributed by atoms with Crippen LogP contribution in [0.15, 0.2) is 24.3 Å². The van der Waals surface area contributed by atoms with Crippen molar-refractivity contribution < 1.29 is 19.4 Å². The first-order valence-corrected chi connectivity index (χ1v) is 5.55. The van der Waals surface area contributed by atoms with Crippen molar-refractivity contribution in [3.05, 3.63) is 24.3 Å². The molecule has 0 heterocycles. The van der Waals surface area contributed by atoms with Crippen LogP contribution < -0.4 is 9.47 Å². The highest BCUT2D eigenvalue weighted by Crippen LogP contribution is 2.21. The maximum Gasteiger partial charge on any atom is 0.312 e. The summed E-state index contributed by atoms with van der Waals surface area (Å²) in [6.07, 6.45) is 0. The van der Waals surface area contributed by atoms with Crippen LogP contribution in [0.3, 0.4) is 0 Å². The molecule has 0 aliphatic carbocycles. The first-order chi connectivity index (χ1) is 7.95. The molecule has 0 aromatic heterocycles. The van der Waals surface area contributed by atoms with Crippen molar-refractivity contribution in [3.63, 3.8) is 0 Å². The molecule has 17 heavy (non-hydrogen) atoms. The van der Waals surface area contributed by atoms with Crippen molar-refractivity contribution >= 4 is 5.97 Å². The highest BCUT2D eigenvalue weighted by atomic mass is 16.5. The lowest BCUT2D eigenvalue weighted by Crippen LogP contribution is -2.30. The van der Waals surface area contributed by atoms with E-state index in [0.29, 0.717) is 12.4 Å². The van der Waals surface area contributed by atoms with Crippen LogP contribution in [0.1, 0.15) is 20.8 Å². The van der Waals surface area contributed by atoms with E-state index in [0.717, 1.165) is 5.75 Å². The monoisotopic (exact) mass is 238 g/mol. The lowest BCUT2D eigenvalue weighted by atomic mass is 9.95. The molecule has 4 heteroatoms. The largest absolute Gasteiger partial charge is 0.494 e. The number of benzene rings is 1. The van der Waals surface area contributed by atoms with Gasteiger partial charge in [-0.2, -0.15) is 0 Å². The maximum absolute atomic E-state index is 10.9. The summed E-state index contributed by atoms with van der Waals surface area (Å²) in [6.45, 7) is 5.93. The van der Waals surface area contributed by atoms with Crippen molar-refractivity contribution in [1.82, 2.24) is 0 Å². The fourth-order valence-electron chi connectivity index (χ4n) is 1.12. The first kappa shape index (κ1) is 13.4. The average molecular weight is 238 g/mol. The molecule has 0 bridgehead atoms. The van der Waals surface area contributed by atoms with E-state index in [2.05, 4.69) is 0 Å². The minimum absolute atomic E-state index is 0.135. The molecule has 1 rings (SSSR count). The molecular formula is C13H18O4. The second kappa shape index (κ2) is 5.57. The van der Waals surface area contributed by atoms with Crippen molar-refractivity contribution in [2.45, 2.75) is 20.8 Å². The van der Waals surface area contributed by atoms with E-state index in [-0.39, 0.29) is 6.61 Å². The van der Waals surface area contributed by atoms with Gasteiger partial charge in [0.15, 0.2) is 0 Å². The van der Waals surface area contributed by atoms with Gasteiger partial charge >= 0.3 is 5.97 Å². The molecule has 94 valence electrons. The number of rotatable bonds is 6. The van der Waals surface area contributed by atoms with Gasteiger partial charge in [0.1, 0.15) is 18.1 Å². The first-order valence-electron chi connectivity index (χ1n) is 5.55. The fourth-order valence-corrected chi connectivity index (χ4v) is 1.12. The van der Waals surface area contributed by atoms with Gasteiger partial charge in [0.2, 0.25) is 0 Å². The van der Waals surface area contributed by atoms with Gasteiger partial charge in [0, 0.05) is 0 Å². The topological polar surface area (TPSA) is 55.8 Å². The van der Waals surface area contributed by atoms with E-state index in [1.807, 2.05) is 6.92 Å².